The van der Waals surface area contributed by atoms with E-state index >= 15 is 0 Å². The van der Waals surface area contributed by atoms with Crippen molar-refractivity contribution < 1.29 is 23.1 Å². The van der Waals surface area contributed by atoms with E-state index in [0.717, 1.165) is 12.8 Å². The molecule has 2 rings (SSSR count). The van der Waals surface area contributed by atoms with E-state index in [-0.39, 0.29) is 23.3 Å². The van der Waals surface area contributed by atoms with Crippen LogP contribution in [0.25, 0.3) is 0 Å². The van der Waals surface area contributed by atoms with E-state index in [1.54, 1.807) is 7.05 Å². The number of rotatable bonds is 8. The fourth-order valence-corrected chi connectivity index (χ4v) is 3.36. The SMILES string of the molecule is CN(CCCC(=O)O)C(=O)c1ccc(S(=O)(=O)NC2CC2)cc1. The number of hydrogen-bond donors (Lipinski definition) is 2. The van der Waals surface area contributed by atoms with Crippen LogP contribution >= 0.6 is 0 Å². The molecule has 0 bridgehead atoms. The molecule has 126 valence electrons. The highest BCUT2D eigenvalue weighted by molar-refractivity contribution is 7.89. The molecule has 0 heterocycles. The predicted molar refractivity (Wildman–Crippen MR) is 83.6 cm³/mol. The smallest absolute Gasteiger partial charge is 0.303 e. The maximum atomic E-state index is 12.2. The minimum Gasteiger partial charge on any atom is -0.481 e. The van der Waals surface area contributed by atoms with Crippen molar-refractivity contribution in [2.24, 2.45) is 0 Å². The normalized spacial score (nSPS) is 14.5. The molecular formula is C15H20N2O5S. The first kappa shape index (κ1) is 17.4. The van der Waals surface area contributed by atoms with Gasteiger partial charge in [-0.25, -0.2) is 13.1 Å². The quantitative estimate of drug-likeness (QED) is 0.736. The average Bonchev–Trinajstić information content (AvgIpc) is 3.29. The van der Waals surface area contributed by atoms with Gasteiger partial charge in [-0.3, -0.25) is 9.59 Å². The Balaban J connectivity index is 1.97. The molecule has 2 N–H and O–H groups in total. The number of amides is 1. The van der Waals surface area contributed by atoms with Crippen molar-refractivity contribution in [3.8, 4) is 0 Å². The molecule has 0 atom stereocenters. The Labute approximate surface area is 135 Å². The summed E-state index contributed by atoms with van der Waals surface area (Å²) in [4.78, 5) is 24.2. The van der Waals surface area contributed by atoms with E-state index in [2.05, 4.69) is 4.72 Å². The molecule has 1 aliphatic carbocycles. The highest BCUT2D eigenvalue weighted by atomic mass is 32.2. The molecular weight excluding hydrogens is 320 g/mol. The average molecular weight is 340 g/mol. The maximum absolute atomic E-state index is 12.2. The summed E-state index contributed by atoms with van der Waals surface area (Å²) in [5.41, 5.74) is 0.369. The zero-order chi connectivity index (χ0) is 17.0. The molecule has 0 saturated heterocycles. The molecule has 0 aliphatic heterocycles. The first-order valence-electron chi connectivity index (χ1n) is 7.39. The van der Waals surface area contributed by atoms with Crippen molar-refractivity contribution in [3.63, 3.8) is 0 Å². The van der Waals surface area contributed by atoms with Crippen molar-refractivity contribution in [1.82, 2.24) is 9.62 Å². The summed E-state index contributed by atoms with van der Waals surface area (Å²) < 4.78 is 26.7. The molecule has 0 aromatic heterocycles. The third-order valence-electron chi connectivity index (χ3n) is 3.54. The highest BCUT2D eigenvalue weighted by Crippen LogP contribution is 2.22. The minimum atomic E-state index is -3.52. The number of carbonyl (C=O) groups excluding carboxylic acids is 1. The Kier molecular flexibility index (Phi) is 5.38. The van der Waals surface area contributed by atoms with Gasteiger partial charge in [0.25, 0.3) is 5.91 Å². The lowest BCUT2D eigenvalue weighted by molar-refractivity contribution is -0.137. The second-order valence-electron chi connectivity index (χ2n) is 5.64. The molecule has 0 spiro atoms. The molecule has 8 heteroatoms. The van der Waals surface area contributed by atoms with E-state index in [1.165, 1.54) is 29.2 Å². The summed E-state index contributed by atoms with van der Waals surface area (Å²) >= 11 is 0. The zero-order valence-corrected chi connectivity index (χ0v) is 13.7. The molecule has 1 fully saturated rings. The van der Waals surface area contributed by atoms with Crippen molar-refractivity contribution in [2.75, 3.05) is 13.6 Å². The van der Waals surface area contributed by atoms with E-state index in [9.17, 15) is 18.0 Å². The van der Waals surface area contributed by atoms with Crippen LogP contribution in [0, 0.1) is 0 Å². The summed E-state index contributed by atoms with van der Waals surface area (Å²) in [6.07, 6.45) is 2.09. The van der Waals surface area contributed by atoms with Gasteiger partial charge in [0.15, 0.2) is 0 Å². The van der Waals surface area contributed by atoms with Gasteiger partial charge in [-0.05, 0) is 43.5 Å². The van der Waals surface area contributed by atoms with Gasteiger partial charge in [0, 0.05) is 31.6 Å². The van der Waals surface area contributed by atoms with Crippen LogP contribution in [0.4, 0.5) is 0 Å². The standard InChI is InChI=1S/C15H20N2O5S/c1-17(10-2-3-14(18)19)15(20)11-4-8-13(9-5-11)23(21,22)16-12-6-7-12/h4-5,8-9,12,16H,2-3,6-7,10H2,1H3,(H,18,19). The van der Waals surface area contributed by atoms with Crippen LogP contribution in [-0.2, 0) is 14.8 Å². The summed E-state index contributed by atoms with van der Waals surface area (Å²) in [6.45, 7) is 0.328. The summed E-state index contributed by atoms with van der Waals surface area (Å²) in [5.74, 6) is -1.17. The number of aliphatic carboxylic acids is 1. The van der Waals surface area contributed by atoms with E-state index in [4.69, 9.17) is 5.11 Å². The first-order valence-corrected chi connectivity index (χ1v) is 8.87. The second-order valence-corrected chi connectivity index (χ2v) is 7.36. The lowest BCUT2D eigenvalue weighted by Gasteiger charge is -2.16. The van der Waals surface area contributed by atoms with Crippen molar-refractivity contribution in [3.05, 3.63) is 29.8 Å². The van der Waals surface area contributed by atoms with Crippen LogP contribution in [-0.4, -0.2) is 49.9 Å². The molecule has 1 aromatic carbocycles. The van der Waals surface area contributed by atoms with Gasteiger partial charge in [0.2, 0.25) is 10.0 Å². The number of carboxylic acid groups (broad SMARTS) is 1. The molecule has 1 aliphatic rings. The van der Waals surface area contributed by atoms with Gasteiger partial charge in [-0.2, -0.15) is 0 Å². The maximum Gasteiger partial charge on any atom is 0.303 e. The third kappa shape index (κ3) is 5.04. The van der Waals surface area contributed by atoms with Gasteiger partial charge in [-0.1, -0.05) is 0 Å². The van der Waals surface area contributed by atoms with Crippen LogP contribution < -0.4 is 4.72 Å². The first-order chi connectivity index (χ1) is 10.8. The largest absolute Gasteiger partial charge is 0.481 e. The lowest BCUT2D eigenvalue weighted by atomic mass is 10.2. The van der Waals surface area contributed by atoms with Gasteiger partial charge >= 0.3 is 5.97 Å². The second kappa shape index (κ2) is 7.10. The Morgan fingerprint density at radius 2 is 1.87 bits per heavy atom. The number of benzene rings is 1. The number of carboxylic acids is 1. The number of hydrogen-bond acceptors (Lipinski definition) is 4. The van der Waals surface area contributed by atoms with Crippen LogP contribution in [0.15, 0.2) is 29.2 Å². The van der Waals surface area contributed by atoms with Crippen molar-refractivity contribution in [2.45, 2.75) is 36.6 Å². The third-order valence-corrected chi connectivity index (χ3v) is 5.08. The van der Waals surface area contributed by atoms with Gasteiger partial charge in [0.1, 0.15) is 0 Å². The van der Waals surface area contributed by atoms with Gasteiger partial charge in [-0.15, -0.1) is 0 Å². The number of nitrogens with zero attached hydrogens (tertiary/aromatic N) is 1. The van der Waals surface area contributed by atoms with Crippen LogP contribution in [0.3, 0.4) is 0 Å². The molecule has 1 amide bonds. The number of nitrogens with one attached hydrogen (secondary N) is 1. The minimum absolute atomic E-state index is 0.00162. The molecule has 1 aromatic rings. The van der Waals surface area contributed by atoms with Crippen molar-refractivity contribution in [1.29, 1.82) is 0 Å². The van der Waals surface area contributed by atoms with Crippen LogP contribution in [0.5, 0.6) is 0 Å². The molecule has 0 radical (unpaired) electrons. The highest BCUT2D eigenvalue weighted by Gasteiger charge is 2.28. The van der Waals surface area contributed by atoms with E-state index in [0.29, 0.717) is 18.5 Å². The number of carbonyl (C=O) groups is 2. The molecule has 7 nitrogen and oxygen atoms in total. The van der Waals surface area contributed by atoms with E-state index < -0.39 is 16.0 Å². The zero-order valence-electron chi connectivity index (χ0n) is 12.9. The fraction of sp³-hybridized carbons (Fsp3) is 0.467. The van der Waals surface area contributed by atoms with Crippen molar-refractivity contribution >= 4 is 21.9 Å². The lowest BCUT2D eigenvalue weighted by Crippen LogP contribution is -2.28. The number of sulfonamides is 1. The summed E-state index contributed by atoms with van der Waals surface area (Å²) in [5, 5.41) is 8.59. The van der Waals surface area contributed by atoms with Gasteiger partial charge in [0.05, 0.1) is 4.90 Å². The summed E-state index contributed by atoms with van der Waals surface area (Å²) in [6, 6.07) is 5.78. The fourth-order valence-electron chi connectivity index (χ4n) is 2.05. The Morgan fingerprint density at radius 3 is 2.39 bits per heavy atom. The molecule has 23 heavy (non-hydrogen) atoms. The van der Waals surface area contributed by atoms with Gasteiger partial charge < -0.3 is 10.0 Å². The Morgan fingerprint density at radius 1 is 1.26 bits per heavy atom. The topological polar surface area (TPSA) is 104 Å². The monoisotopic (exact) mass is 340 g/mol. The van der Waals surface area contributed by atoms with Crippen LogP contribution in [0.2, 0.25) is 0 Å². The molecule has 1 saturated carbocycles. The Bertz CT molecular complexity index is 680. The molecule has 0 unspecified atom stereocenters. The Hall–Kier alpha value is -1.93. The predicted octanol–water partition coefficient (Wildman–Crippen LogP) is 1.06. The van der Waals surface area contributed by atoms with E-state index in [1.807, 2.05) is 0 Å². The van der Waals surface area contributed by atoms with Crippen LogP contribution in [0.1, 0.15) is 36.0 Å². The summed E-state index contributed by atoms with van der Waals surface area (Å²) in [7, 11) is -1.94.